The Hall–Kier alpha value is -4.46. The molecule has 0 unspecified atom stereocenters. The highest BCUT2D eigenvalue weighted by Gasteiger charge is 2.22. The number of hydrogen-bond donors (Lipinski definition) is 1. The molecule has 1 aliphatic rings. The smallest absolute Gasteiger partial charge is 0.229 e. The number of nitrogens with one attached hydrogen (secondary N) is 1. The van der Waals surface area contributed by atoms with E-state index in [-0.39, 0.29) is 5.82 Å². The third-order valence-corrected chi connectivity index (χ3v) is 6.94. The SMILES string of the molecule is Cc1ccc(Nc2nc(N3CCN(c4ccc(F)cc4)CC3)nc3c2cnn3-c2ccccc2)cc1C. The molecule has 6 rings (SSSR count). The van der Waals surface area contributed by atoms with Crippen molar-refractivity contribution >= 4 is 34.2 Å². The van der Waals surface area contributed by atoms with Crippen LogP contribution in [0, 0.1) is 19.7 Å². The van der Waals surface area contributed by atoms with Crippen molar-refractivity contribution in [2.24, 2.45) is 0 Å². The lowest BCUT2D eigenvalue weighted by Crippen LogP contribution is -2.47. The average molecular weight is 494 g/mol. The summed E-state index contributed by atoms with van der Waals surface area (Å²) in [6.07, 6.45) is 1.82. The normalized spacial score (nSPS) is 13.8. The van der Waals surface area contributed by atoms with E-state index in [1.54, 1.807) is 0 Å². The fourth-order valence-corrected chi connectivity index (χ4v) is 4.66. The summed E-state index contributed by atoms with van der Waals surface area (Å²) in [6.45, 7) is 7.32. The van der Waals surface area contributed by atoms with E-state index in [1.807, 2.05) is 53.3 Å². The first-order valence-electron chi connectivity index (χ1n) is 12.5. The van der Waals surface area contributed by atoms with Crippen LogP contribution in [0.5, 0.6) is 0 Å². The zero-order valence-corrected chi connectivity index (χ0v) is 20.9. The molecule has 1 aliphatic heterocycles. The zero-order valence-electron chi connectivity index (χ0n) is 20.9. The maximum Gasteiger partial charge on any atom is 0.229 e. The van der Waals surface area contributed by atoms with Crippen LogP contribution in [0.15, 0.2) is 79.0 Å². The minimum atomic E-state index is -0.220. The Balaban J connectivity index is 1.36. The molecule has 5 aromatic rings. The van der Waals surface area contributed by atoms with Gasteiger partial charge < -0.3 is 15.1 Å². The maximum absolute atomic E-state index is 13.4. The van der Waals surface area contributed by atoms with Crippen molar-refractivity contribution in [2.75, 3.05) is 41.3 Å². The van der Waals surface area contributed by atoms with Gasteiger partial charge in [-0.05, 0) is 73.5 Å². The summed E-state index contributed by atoms with van der Waals surface area (Å²) in [5, 5.41) is 9.04. The van der Waals surface area contributed by atoms with Crippen LogP contribution in [0.1, 0.15) is 11.1 Å². The number of aryl methyl sites for hydroxylation is 2. The number of rotatable bonds is 5. The molecule has 0 radical (unpaired) electrons. The van der Waals surface area contributed by atoms with E-state index in [9.17, 15) is 4.39 Å². The van der Waals surface area contributed by atoms with Gasteiger partial charge in [-0.25, -0.2) is 9.07 Å². The summed E-state index contributed by atoms with van der Waals surface area (Å²) in [7, 11) is 0. The Kier molecular flexibility index (Phi) is 5.92. The monoisotopic (exact) mass is 493 g/mol. The van der Waals surface area contributed by atoms with E-state index in [0.717, 1.165) is 60.1 Å². The molecule has 2 aromatic heterocycles. The van der Waals surface area contributed by atoms with Crippen molar-refractivity contribution in [1.82, 2.24) is 19.7 Å². The second-order valence-electron chi connectivity index (χ2n) is 9.38. The van der Waals surface area contributed by atoms with Crippen LogP contribution in [-0.4, -0.2) is 45.9 Å². The lowest BCUT2D eigenvalue weighted by atomic mass is 10.1. The Morgan fingerprint density at radius 3 is 2.22 bits per heavy atom. The molecule has 8 heteroatoms. The van der Waals surface area contributed by atoms with Crippen molar-refractivity contribution in [3.8, 4) is 5.69 Å². The lowest BCUT2D eigenvalue weighted by molar-refractivity contribution is 0.623. The van der Waals surface area contributed by atoms with Gasteiger partial charge in [0.25, 0.3) is 0 Å². The van der Waals surface area contributed by atoms with Crippen LogP contribution < -0.4 is 15.1 Å². The summed E-state index contributed by atoms with van der Waals surface area (Å²) in [5.74, 6) is 1.17. The van der Waals surface area contributed by atoms with Crippen LogP contribution in [0.2, 0.25) is 0 Å². The first-order chi connectivity index (χ1) is 18.0. The molecule has 3 heterocycles. The van der Waals surface area contributed by atoms with E-state index in [4.69, 9.17) is 9.97 Å². The quantitative estimate of drug-likeness (QED) is 0.342. The minimum Gasteiger partial charge on any atom is -0.368 e. The van der Waals surface area contributed by atoms with Crippen molar-refractivity contribution < 1.29 is 4.39 Å². The van der Waals surface area contributed by atoms with Gasteiger partial charge in [-0.3, -0.25) is 0 Å². The molecular weight excluding hydrogens is 465 g/mol. The topological polar surface area (TPSA) is 62.1 Å². The molecule has 7 nitrogen and oxygen atoms in total. The van der Waals surface area contributed by atoms with Gasteiger partial charge in [-0.1, -0.05) is 24.3 Å². The Labute approximate surface area is 215 Å². The molecule has 0 amide bonds. The van der Waals surface area contributed by atoms with E-state index >= 15 is 0 Å². The third-order valence-electron chi connectivity index (χ3n) is 6.94. The highest BCUT2D eigenvalue weighted by molar-refractivity contribution is 5.90. The van der Waals surface area contributed by atoms with Gasteiger partial charge in [0.05, 0.1) is 17.3 Å². The van der Waals surface area contributed by atoms with Crippen LogP contribution >= 0.6 is 0 Å². The molecule has 3 aromatic carbocycles. The number of fused-ring (bicyclic) bond motifs is 1. The Morgan fingerprint density at radius 1 is 0.757 bits per heavy atom. The maximum atomic E-state index is 13.4. The van der Waals surface area contributed by atoms with Gasteiger partial charge in [-0.15, -0.1) is 0 Å². The number of halogens is 1. The van der Waals surface area contributed by atoms with Crippen molar-refractivity contribution in [1.29, 1.82) is 0 Å². The van der Waals surface area contributed by atoms with Crippen LogP contribution in [0.25, 0.3) is 16.7 Å². The van der Waals surface area contributed by atoms with Crippen LogP contribution in [0.4, 0.5) is 27.5 Å². The predicted molar refractivity (Wildman–Crippen MR) is 147 cm³/mol. The summed E-state index contributed by atoms with van der Waals surface area (Å²) >= 11 is 0. The molecule has 1 fully saturated rings. The lowest BCUT2D eigenvalue weighted by Gasteiger charge is -2.36. The molecule has 0 spiro atoms. The first kappa shape index (κ1) is 23.0. The van der Waals surface area contributed by atoms with Gasteiger partial charge in [-0.2, -0.15) is 15.1 Å². The second-order valence-corrected chi connectivity index (χ2v) is 9.38. The molecule has 186 valence electrons. The van der Waals surface area contributed by atoms with Gasteiger partial charge >= 0.3 is 0 Å². The third kappa shape index (κ3) is 4.58. The number of anilines is 4. The predicted octanol–water partition coefficient (Wildman–Crippen LogP) is 5.64. The molecule has 0 bridgehead atoms. The first-order valence-corrected chi connectivity index (χ1v) is 12.5. The molecule has 37 heavy (non-hydrogen) atoms. The zero-order chi connectivity index (χ0) is 25.4. The largest absolute Gasteiger partial charge is 0.368 e. The van der Waals surface area contributed by atoms with E-state index in [1.165, 1.54) is 23.3 Å². The van der Waals surface area contributed by atoms with Crippen LogP contribution in [0.3, 0.4) is 0 Å². The fourth-order valence-electron chi connectivity index (χ4n) is 4.66. The Bertz CT molecular complexity index is 1540. The molecule has 0 aliphatic carbocycles. The molecule has 0 atom stereocenters. The average Bonchev–Trinajstić information content (AvgIpc) is 3.36. The van der Waals surface area contributed by atoms with Crippen LogP contribution in [-0.2, 0) is 0 Å². The standard InChI is InChI=1S/C29H28FN7/c1-20-8-11-23(18-21(20)2)32-27-26-19-31-37(25-6-4-3-5-7-25)28(26)34-29(33-27)36-16-14-35(15-17-36)24-12-9-22(30)10-13-24/h3-13,18-19H,14-17H2,1-2H3,(H,32,33,34). The van der Waals surface area contributed by atoms with Gasteiger partial charge in [0.1, 0.15) is 11.6 Å². The molecular formula is C29H28FN7. The molecule has 1 saturated heterocycles. The van der Waals surface area contributed by atoms with Crippen molar-refractivity contribution in [2.45, 2.75) is 13.8 Å². The van der Waals surface area contributed by atoms with Crippen molar-refractivity contribution in [3.05, 3.63) is 95.9 Å². The summed E-state index contributed by atoms with van der Waals surface area (Å²) in [6, 6.07) is 23.0. The van der Waals surface area contributed by atoms with Crippen molar-refractivity contribution in [3.63, 3.8) is 0 Å². The number of nitrogens with zero attached hydrogens (tertiary/aromatic N) is 6. The highest BCUT2D eigenvalue weighted by Crippen LogP contribution is 2.29. The molecule has 0 saturated carbocycles. The van der Waals surface area contributed by atoms with E-state index in [2.05, 4.69) is 52.3 Å². The van der Waals surface area contributed by atoms with E-state index in [0.29, 0.717) is 5.95 Å². The number of piperazine rings is 1. The highest BCUT2D eigenvalue weighted by atomic mass is 19.1. The summed E-state index contributed by atoms with van der Waals surface area (Å²) < 4.78 is 15.2. The van der Waals surface area contributed by atoms with Gasteiger partial charge in [0.2, 0.25) is 5.95 Å². The number of benzene rings is 3. The number of aromatic nitrogens is 4. The number of hydrogen-bond acceptors (Lipinski definition) is 6. The minimum absolute atomic E-state index is 0.220. The molecule has 1 N–H and O–H groups in total. The van der Waals surface area contributed by atoms with Gasteiger partial charge in [0.15, 0.2) is 5.65 Å². The Morgan fingerprint density at radius 2 is 1.49 bits per heavy atom. The van der Waals surface area contributed by atoms with Gasteiger partial charge in [0, 0.05) is 37.6 Å². The fraction of sp³-hybridized carbons (Fsp3) is 0.207. The second kappa shape index (κ2) is 9.54. The summed E-state index contributed by atoms with van der Waals surface area (Å²) in [4.78, 5) is 14.4. The summed E-state index contributed by atoms with van der Waals surface area (Å²) in [5.41, 5.74) is 6.16. The van der Waals surface area contributed by atoms with E-state index < -0.39 is 0 Å². The number of para-hydroxylation sites is 1.